The molecule has 0 aliphatic carbocycles. The van der Waals surface area contributed by atoms with Crippen LogP contribution in [0.25, 0.3) is 0 Å². The van der Waals surface area contributed by atoms with Crippen molar-refractivity contribution in [3.05, 3.63) is 95.1 Å². The second-order valence-electron chi connectivity index (χ2n) is 10.8. The Bertz CT molecular complexity index is 1610. The van der Waals surface area contributed by atoms with Crippen LogP contribution in [0.3, 0.4) is 0 Å². The van der Waals surface area contributed by atoms with Crippen LogP contribution < -0.4 is 10.2 Å². The molecular weight excluding hydrogens is 631 g/mol. The number of nitrogens with zero attached hydrogens (tertiary/aromatic N) is 3. The zero-order valence-corrected chi connectivity index (χ0v) is 25.7. The number of halogens is 5. The number of hydrogen-bond acceptors (Lipinski definition) is 7. The van der Waals surface area contributed by atoms with Crippen LogP contribution in [0.15, 0.2) is 77.7 Å². The predicted molar refractivity (Wildman–Crippen MR) is 161 cm³/mol. The average molecular weight is 665 g/mol. The van der Waals surface area contributed by atoms with Gasteiger partial charge >= 0.3 is 12.8 Å². The Kier molecular flexibility index (Phi) is 11.4. The minimum atomic E-state index is -4.44. The van der Waals surface area contributed by atoms with E-state index in [0.717, 1.165) is 12.1 Å². The second kappa shape index (κ2) is 15.0. The lowest BCUT2D eigenvalue weighted by Gasteiger charge is -2.42. The fourth-order valence-corrected chi connectivity index (χ4v) is 6.13. The van der Waals surface area contributed by atoms with E-state index >= 15 is 0 Å². The highest BCUT2D eigenvalue weighted by atomic mass is 32.2. The lowest BCUT2D eigenvalue weighted by molar-refractivity contribution is -0.137. The van der Waals surface area contributed by atoms with E-state index in [2.05, 4.69) is 10.1 Å². The van der Waals surface area contributed by atoms with E-state index in [1.807, 2.05) is 15.9 Å². The molecule has 0 bridgehead atoms. The number of nitriles is 1. The van der Waals surface area contributed by atoms with Crippen molar-refractivity contribution in [2.24, 2.45) is 0 Å². The molecule has 1 heterocycles. The summed E-state index contributed by atoms with van der Waals surface area (Å²) in [4.78, 5) is 17.1. The Morgan fingerprint density at radius 3 is 2.24 bits per heavy atom. The van der Waals surface area contributed by atoms with E-state index in [1.54, 1.807) is 36.4 Å². The number of piperazine rings is 1. The number of rotatable bonds is 12. The summed E-state index contributed by atoms with van der Waals surface area (Å²) in [5.74, 6) is -0.518. The summed E-state index contributed by atoms with van der Waals surface area (Å²) in [6.45, 7) is -0.178. The molecule has 2 atom stereocenters. The third-order valence-corrected chi connectivity index (χ3v) is 9.50. The minimum Gasteiger partial charge on any atom is -0.364 e. The molecule has 0 radical (unpaired) electrons. The number of amides is 1. The van der Waals surface area contributed by atoms with Crippen molar-refractivity contribution in [1.29, 1.82) is 5.26 Å². The molecule has 46 heavy (non-hydrogen) atoms. The lowest BCUT2D eigenvalue weighted by atomic mass is 10.0. The van der Waals surface area contributed by atoms with Gasteiger partial charge in [0.1, 0.15) is 0 Å². The zero-order valence-electron chi connectivity index (χ0n) is 24.9. The molecule has 0 spiro atoms. The molecule has 3 aromatic rings. The van der Waals surface area contributed by atoms with E-state index in [4.69, 9.17) is 0 Å². The Morgan fingerprint density at radius 2 is 1.67 bits per heavy atom. The molecule has 1 N–H and O–H groups in total. The summed E-state index contributed by atoms with van der Waals surface area (Å²) in [5, 5.41) is 12.1. The minimum absolute atomic E-state index is 0.0493. The molecule has 8 nitrogen and oxygen atoms in total. The average Bonchev–Trinajstić information content (AvgIpc) is 3.03. The fraction of sp³-hybridized carbons (Fsp3) is 0.375. The van der Waals surface area contributed by atoms with Crippen molar-refractivity contribution in [2.45, 2.75) is 49.7 Å². The summed E-state index contributed by atoms with van der Waals surface area (Å²) in [5.41, 5.74) is 1.42. The first kappa shape index (κ1) is 34.8. The highest BCUT2D eigenvalue weighted by Gasteiger charge is 2.31. The second-order valence-corrected chi connectivity index (χ2v) is 13.1. The van der Waals surface area contributed by atoms with Gasteiger partial charge < -0.3 is 15.0 Å². The number of carbonyl (C=O) groups excluding carboxylic acids is 1. The van der Waals surface area contributed by atoms with Gasteiger partial charge in [-0.05, 0) is 59.7 Å². The van der Waals surface area contributed by atoms with Crippen molar-refractivity contribution in [3.8, 4) is 6.07 Å². The normalized spacial score (nSPS) is 16.7. The molecule has 0 saturated carbocycles. The Morgan fingerprint density at radius 1 is 1.02 bits per heavy atom. The number of benzene rings is 3. The van der Waals surface area contributed by atoms with Crippen LogP contribution in [0.1, 0.15) is 46.4 Å². The summed E-state index contributed by atoms with van der Waals surface area (Å²) < 4.78 is 93.6. The monoisotopic (exact) mass is 664 g/mol. The topological polar surface area (TPSA) is 103 Å². The molecule has 1 amide bonds. The fourth-order valence-electron chi connectivity index (χ4n) is 5.25. The summed E-state index contributed by atoms with van der Waals surface area (Å²) in [6, 6.07) is 18.2. The Balaban J connectivity index is 1.43. The number of sulfone groups is 1. The largest absolute Gasteiger partial charge is 0.416 e. The third kappa shape index (κ3) is 9.02. The van der Waals surface area contributed by atoms with E-state index < -0.39 is 46.2 Å². The van der Waals surface area contributed by atoms with Crippen molar-refractivity contribution < 1.29 is 39.9 Å². The third-order valence-electron chi connectivity index (χ3n) is 7.75. The predicted octanol–water partition coefficient (Wildman–Crippen LogP) is 5.81. The SMILES string of the molecule is CCS(=O)(=O)c1ccc([C@H](CC#N)NC(=O)c2ccc(N3CCN(Cc4ccc(C(F)(F)F)cc4)CC3COC(F)F)cc2)cc1. The van der Waals surface area contributed by atoms with Crippen LogP contribution in [0.5, 0.6) is 0 Å². The van der Waals surface area contributed by atoms with Crippen molar-refractivity contribution >= 4 is 21.4 Å². The van der Waals surface area contributed by atoms with Gasteiger partial charge in [-0.15, -0.1) is 0 Å². The summed E-state index contributed by atoms with van der Waals surface area (Å²) >= 11 is 0. The lowest BCUT2D eigenvalue weighted by Crippen LogP contribution is -2.55. The quantitative estimate of drug-likeness (QED) is 0.244. The molecule has 1 unspecified atom stereocenters. The van der Waals surface area contributed by atoms with E-state index in [0.29, 0.717) is 43.0 Å². The van der Waals surface area contributed by atoms with Crippen molar-refractivity contribution in [2.75, 3.05) is 36.9 Å². The van der Waals surface area contributed by atoms with Crippen LogP contribution in [0.4, 0.5) is 27.6 Å². The standard InChI is InChI=1S/C32H33F5N4O4S/c1-2-46(43,44)28-13-7-23(8-14-28)29(15-16-38)39-30(42)24-5-11-26(12-6-24)41-18-17-40(20-27(41)21-45-31(33)34)19-22-3-9-25(10-4-22)32(35,36)37/h3-14,27,29,31H,2,15,17-21H2,1H3,(H,39,42)/t27?,29-/m0/s1. The first-order valence-electron chi connectivity index (χ1n) is 14.5. The van der Waals surface area contributed by atoms with Crippen molar-refractivity contribution in [1.82, 2.24) is 10.2 Å². The van der Waals surface area contributed by atoms with Crippen LogP contribution in [0.2, 0.25) is 0 Å². The van der Waals surface area contributed by atoms with Gasteiger partial charge in [0.15, 0.2) is 9.84 Å². The number of alkyl halides is 5. The number of nitrogens with one attached hydrogen (secondary N) is 1. The molecular formula is C32H33F5N4O4S. The summed E-state index contributed by atoms with van der Waals surface area (Å²) in [6.07, 6.45) is -4.49. The maximum absolute atomic E-state index is 13.1. The van der Waals surface area contributed by atoms with Gasteiger partial charge in [-0.3, -0.25) is 9.69 Å². The van der Waals surface area contributed by atoms with Crippen LogP contribution in [0, 0.1) is 11.3 Å². The molecule has 1 saturated heterocycles. The molecule has 14 heteroatoms. The van der Waals surface area contributed by atoms with Gasteiger partial charge in [-0.25, -0.2) is 8.42 Å². The first-order valence-corrected chi connectivity index (χ1v) is 16.1. The molecule has 3 aromatic carbocycles. The van der Waals surface area contributed by atoms with Gasteiger partial charge in [0.25, 0.3) is 5.91 Å². The smallest absolute Gasteiger partial charge is 0.364 e. The Labute approximate surface area is 264 Å². The molecule has 1 fully saturated rings. The van der Waals surface area contributed by atoms with Gasteiger partial charge in [-0.2, -0.15) is 27.2 Å². The number of anilines is 1. The van der Waals surface area contributed by atoms with E-state index in [-0.39, 0.29) is 29.2 Å². The first-order chi connectivity index (χ1) is 21.8. The van der Waals surface area contributed by atoms with Crippen LogP contribution in [-0.2, 0) is 27.3 Å². The number of ether oxygens (including phenoxy) is 1. The summed E-state index contributed by atoms with van der Waals surface area (Å²) in [7, 11) is -3.41. The van der Waals surface area contributed by atoms with Gasteiger partial charge in [0.05, 0.1) is 47.4 Å². The maximum atomic E-state index is 13.1. The highest BCUT2D eigenvalue weighted by Crippen LogP contribution is 2.30. The van der Waals surface area contributed by atoms with E-state index in [9.17, 15) is 40.4 Å². The van der Waals surface area contributed by atoms with E-state index in [1.165, 1.54) is 31.2 Å². The van der Waals surface area contributed by atoms with Gasteiger partial charge in [-0.1, -0.05) is 31.2 Å². The molecule has 1 aliphatic heterocycles. The van der Waals surface area contributed by atoms with Gasteiger partial charge in [0, 0.05) is 37.4 Å². The molecule has 0 aromatic heterocycles. The van der Waals surface area contributed by atoms with Gasteiger partial charge in [0.2, 0.25) is 0 Å². The number of hydrogen-bond donors (Lipinski definition) is 1. The molecule has 4 rings (SSSR count). The van der Waals surface area contributed by atoms with Crippen molar-refractivity contribution in [3.63, 3.8) is 0 Å². The zero-order chi connectivity index (χ0) is 33.5. The Hall–Kier alpha value is -4.06. The number of carbonyl (C=O) groups is 1. The maximum Gasteiger partial charge on any atom is 0.416 e. The highest BCUT2D eigenvalue weighted by molar-refractivity contribution is 7.91. The molecule has 246 valence electrons. The van der Waals surface area contributed by atoms with Crippen LogP contribution >= 0.6 is 0 Å². The molecule has 1 aliphatic rings. The van der Waals surface area contributed by atoms with Crippen LogP contribution in [-0.4, -0.2) is 63.9 Å².